The molecule has 0 spiro atoms. The van der Waals surface area contributed by atoms with Gasteiger partial charge in [-0.2, -0.15) is 0 Å². The number of hydrogen-bond donors (Lipinski definition) is 0. The highest BCUT2D eigenvalue weighted by atomic mass is 16.2. The Kier molecular flexibility index (Phi) is 6.81. The van der Waals surface area contributed by atoms with Crippen LogP contribution in [0.4, 0.5) is 5.69 Å². The quantitative estimate of drug-likeness (QED) is 0.526. The molecule has 0 N–H and O–H groups in total. The maximum absolute atomic E-state index is 13.5. The predicted octanol–water partition coefficient (Wildman–Crippen LogP) is 3.33. The van der Waals surface area contributed by atoms with Crippen molar-refractivity contribution in [2.75, 3.05) is 4.90 Å². The molecule has 8 heteroatoms. The summed E-state index contributed by atoms with van der Waals surface area (Å²) < 4.78 is 4.49. The van der Waals surface area contributed by atoms with Crippen molar-refractivity contribution in [3.63, 3.8) is 0 Å². The predicted molar refractivity (Wildman–Crippen MR) is 130 cm³/mol. The molecule has 0 aliphatic carbocycles. The molecule has 176 valence electrons. The molecule has 0 saturated carbocycles. The molecule has 1 unspecified atom stereocenters. The number of anilines is 1. The Morgan fingerprint density at radius 1 is 1.06 bits per heavy atom. The van der Waals surface area contributed by atoms with Gasteiger partial charge in [0, 0.05) is 24.8 Å². The van der Waals surface area contributed by atoms with Gasteiger partial charge < -0.3 is 9.47 Å². The van der Waals surface area contributed by atoms with Crippen molar-refractivity contribution in [1.29, 1.82) is 0 Å². The fourth-order valence-corrected chi connectivity index (χ4v) is 4.67. The number of carbonyl (C=O) groups excluding carboxylic acids is 1. The van der Waals surface area contributed by atoms with Crippen LogP contribution in [-0.4, -0.2) is 30.6 Å². The number of aromatic nitrogens is 4. The number of rotatable bonds is 8. The van der Waals surface area contributed by atoms with Crippen LogP contribution in [0.1, 0.15) is 58.4 Å². The third-order valence-corrected chi connectivity index (χ3v) is 6.56. The van der Waals surface area contributed by atoms with Gasteiger partial charge in [0.15, 0.2) is 11.2 Å². The minimum Gasteiger partial charge on any atom is -0.325 e. The molecule has 3 aromatic rings. The van der Waals surface area contributed by atoms with Gasteiger partial charge in [-0.25, -0.2) is 14.3 Å². The molecule has 2 aromatic heterocycles. The number of imidazole rings is 1. The lowest BCUT2D eigenvalue weighted by molar-refractivity contribution is -0.119. The summed E-state index contributed by atoms with van der Waals surface area (Å²) in [5.74, 6) is -0.241. The number of aryl methyl sites for hydroxylation is 3. The molecule has 1 aliphatic heterocycles. The first-order valence-electron chi connectivity index (χ1n) is 12.1. The molecular formula is C25H33N5O3. The maximum atomic E-state index is 13.5. The second kappa shape index (κ2) is 9.77. The van der Waals surface area contributed by atoms with Gasteiger partial charge in [-0.3, -0.25) is 14.2 Å². The summed E-state index contributed by atoms with van der Waals surface area (Å²) in [5, 5.41) is 0. The zero-order valence-electron chi connectivity index (χ0n) is 19.8. The van der Waals surface area contributed by atoms with Gasteiger partial charge in [0.2, 0.25) is 5.91 Å². The van der Waals surface area contributed by atoms with E-state index in [0.717, 1.165) is 54.3 Å². The van der Waals surface area contributed by atoms with Crippen LogP contribution in [0.5, 0.6) is 0 Å². The average Bonchev–Trinajstić information content (AvgIpc) is 3.24. The second-order valence-electron chi connectivity index (χ2n) is 8.92. The number of amides is 1. The van der Waals surface area contributed by atoms with Gasteiger partial charge in [-0.1, -0.05) is 44.9 Å². The van der Waals surface area contributed by atoms with Crippen LogP contribution in [0.25, 0.3) is 11.2 Å². The summed E-state index contributed by atoms with van der Waals surface area (Å²) in [6.45, 7) is 6.99. The van der Waals surface area contributed by atoms with E-state index in [4.69, 9.17) is 0 Å². The van der Waals surface area contributed by atoms with E-state index in [1.54, 1.807) is 15.8 Å². The lowest BCUT2D eigenvalue weighted by Crippen LogP contribution is -2.48. The van der Waals surface area contributed by atoms with E-state index in [1.165, 1.54) is 0 Å². The van der Waals surface area contributed by atoms with Crippen molar-refractivity contribution >= 4 is 22.8 Å². The summed E-state index contributed by atoms with van der Waals surface area (Å²) in [6.07, 6.45) is 6.98. The Bertz CT molecular complexity index is 1270. The summed E-state index contributed by atoms with van der Waals surface area (Å²) in [4.78, 5) is 46.5. The number of hydrogen-bond acceptors (Lipinski definition) is 4. The Balaban J connectivity index is 1.79. The monoisotopic (exact) mass is 451 g/mol. The third kappa shape index (κ3) is 4.26. The molecule has 0 bridgehead atoms. The molecule has 1 atom stereocenters. The highest BCUT2D eigenvalue weighted by molar-refractivity contribution is 5.95. The Hall–Kier alpha value is -3.16. The van der Waals surface area contributed by atoms with Crippen LogP contribution >= 0.6 is 0 Å². The molecule has 0 radical (unpaired) electrons. The number of nitrogens with zero attached hydrogens (tertiary/aromatic N) is 5. The number of carbonyl (C=O) groups is 1. The van der Waals surface area contributed by atoms with E-state index in [-0.39, 0.29) is 18.5 Å². The van der Waals surface area contributed by atoms with Gasteiger partial charge in [-0.15, -0.1) is 0 Å². The van der Waals surface area contributed by atoms with E-state index >= 15 is 0 Å². The van der Waals surface area contributed by atoms with E-state index in [1.807, 2.05) is 35.8 Å². The third-order valence-electron chi connectivity index (χ3n) is 6.56. The van der Waals surface area contributed by atoms with Crippen LogP contribution in [0.15, 0.2) is 40.2 Å². The Morgan fingerprint density at radius 3 is 2.55 bits per heavy atom. The number of para-hydroxylation sites is 1. The molecule has 0 saturated heterocycles. The molecule has 1 aliphatic rings. The van der Waals surface area contributed by atoms with Crippen LogP contribution in [0, 0.1) is 0 Å². The van der Waals surface area contributed by atoms with Gasteiger partial charge in [0.25, 0.3) is 5.56 Å². The molecule has 4 rings (SSSR count). The molecule has 3 heterocycles. The fraction of sp³-hybridized carbons (Fsp3) is 0.520. The number of fused-ring (bicyclic) bond motifs is 2. The molecule has 0 fully saturated rings. The van der Waals surface area contributed by atoms with Crippen molar-refractivity contribution in [2.45, 2.75) is 85.0 Å². The first-order chi connectivity index (χ1) is 16.0. The second-order valence-corrected chi connectivity index (χ2v) is 8.92. The Morgan fingerprint density at radius 2 is 1.79 bits per heavy atom. The van der Waals surface area contributed by atoms with Crippen molar-refractivity contribution in [1.82, 2.24) is 18.7 Å². The van der Waals surface area contributed by atoms with Crippen molar-refractivity contribution in [3.8, 4) is 0 Å². The molecule has 8 nitrogen and oxygen atoms in total. The lowest BCUT2D eigenvalue weighted by atomic mass is 9.96. The normalized spacial score (nSPS) is 15.7. The van der Waals surface area contributed by atoms with Gasteiger partial charge >= 0.3 is 5.69 Å². The molecule has 1 amide bonds. The van der Waals surface area contributed by atoms with Gasteiger partial charge in [0.05, 0.1) is 6.33 Å². The van der Waals surface area contributed by atoms with Crippen LogP contribution < -0.4 is 16.1 Å². The lowest BCUT2D eigenvalue weighted by Gasteiger charge is -2.35. The Labute approximate surface area is 193 Å². The summed E-state index contributed by atoms with van der Waals surface area (Å²) in [6, 6.07) is 7.86. The zero-order chi connectivity index (χ0) is 23.5. The smallest absolute Gasteiger partial charge is 0.325 e. The fourth-order valence-electron chi connectivity index (χ4n) is 4.67. The molecule has 1 aromatic carbocycles. The minimum atomic E-state index is -0.465. The highest BCUT2D eigenvalue weighted by Gasteiger charge is 2.29. The number of unbranched alkanes of at least 4 members (excludes halogenated alkanes) is 2. The average molecular weight is 452 g/mol. The highest BCUT2D eigenvalue weighted by Crippen LogP contribution is 2.30. The van der Waals surface area contributed by atoms with E-state index < -0.39 is 11.2 Å². The van der Waals surface area contributed by atoms with Crippen molar-refractivity contribution in [3.05, 3.63) is 57.0 Å². The van der Waals surface area contributed by atoms with Crippen LogP contribution in [0.3, 0.4) is 0 Å². The van der Waals surface area contributed by atoms with E-state index in [0.29, 0.717) is 24.3 Å². The molecule has 33 heavy (non-hydrogen) atoms. The minimum absolute atomic E-state index is 0.00392. The first-order valence-corrected chi connectivity index (χ1v) is 12.1. The van der Waals surface area contributed by atoms with Gasteiger partial charge in [0.1, 0.15) is 6.54 Å². The molecular weight excluding hydrogens is 418 g/mol. The standard InChI is InChI=1S/C25H33N5O3/c1-4-6-14-27-17-26-23-22(27)24(32)29(25(33)28(23)15-7-5-2)16-21(31)30-18(3)12-13-19-10-8-9-11-20(19)30/h8-11,17-18H,4-7,12-16H2,1-3H3. The van der Waals surface area contributed by atoms with Gasteiger partial charge in [-0.05, 0) is 44.2 Å². The van der Waals surface area contributed by atoms with E-state index in [2.05, 4.69) is 18.8 Å². The summed E-state index contributed by atoms with van der Waals surface area (Å²) in [5.41, 5.74) is 1.89. The van der Waals surface area contributed by atoms with Crippen molar-refractivity contribution in [2.24, 2.45) is 0 Å². The van der Waals surface area contributed by atoms with E-state index in [9.17, 15) is 14.4 Å². The topological polar surface area (TPSA) is 82.1 Å². The summed E-state index contributed by atoms with van der Waals surface area (Å²) in [7, 11) is 0. The maximum Gasteiger partial charge on any atom is 0.333 e. The number of benzene rings is 1. The largest absolute Gasteiger partial charge is 0.333 e. The summed E-state index contributed by atoms with van der Waals surface area (Å²) >= 11 is 0. The zero-order valence-corrected chi connectivity index (χ0v) is 19.8. The SMILES string of the molecule is CCCCn1cnc2c1c(=O)n(CC(=O)N1c3ccccc3CCC1C)c(=O)n2CCCC. The van der Waals surface area contributed by atoms with Crippen molar-refractivity contribution < 1.29 is 4.79 Å². The van der Waals surface area contributed by atoms with Crippen LogP contribution in [0.2, 0.25) is 0 Å². The first kappa shape index (κ1) is 23.0. The van der Waals surface area contributed by atoms with Crippen LogP contribution in [-0.2, 0) is 30.8 Å².